The van der Waals surface area contributed by atoms with E-state index in [9.17, 15) is 9.59 Å². The molecule has 1 atom stereocenters. The molecule has 0 radical (unpaired) electrons. The van der Waals surface area contributed by atoms with Gasteiger partial charge in [0.05, 0.1) is 12.2 Å². The molecule has 0 bridgehead atoms. The first kappa shape index (κ1) is 16.8. The molecule has 2 amide bonds. The van der Waals surface area contributed by atoms with Crippen molar-refractivity contribution in [3.05, 3.63) is 35.8 Å². The van der Waals surface area contributed by atoms with Crippen molar-refractivity contribution in [2.75, 3.05) is 42.5 Å². The lowest BCUT2D eigenvalue weighted by Gasteiger charge is -2.39. The van der Waals surface area contributed by atoms with Gasteiger partial charge in [0, 0.05) is 44.7 Å². The molecule has 3 heterocycles. The first-order valence-corrected chi connectivity index (χ1v) is 9.48. The number of aromatic nitrogens is 1. The predicted octanol–water partition coefficient (Wildman–Crippen LogP) is 1.61. The van der Waals surface area contributed by atoms with Gasteiger partial charge in [-0.25, -0.2) is 4.98 Å². The number of piperazine rings is 1. The summed E-state index contributed by atoms with van der Waals surface area (Å²) in [5.74, 6) is 0.422. The highest BCUT2D eigenvalue weighted by molar-refractivity contribution is 7.13. The summed E-state index contributed by atoms with van der Waals surface area (Å²) in [6, 6.07) is 7.34. The molecule has 0 spiro atoms. The Morgan fingerprint density at radius 2 is 1.96 bits per heavy atom. The number of benzene rings is 1. The summed E-state index contributed by atoms with van der Waals surface area (Å²) >= 11 is 1.61. The fraction of sp³-hybridized carbons (Fsp3) is 0.389. The molecule has 4 rings (SSSR count). The Morgan fingerprint density at radius 3 is 2.65 bits per heavy atom. The molecule has 136 valence electrons. The number of hydrogen-bond acceptors (Lipinski definition) is 6. The Morgan fingerprint density at radius 1 is 1.19 bits per heavy atom. The third kappa shape index (κ3) is 3.12. The summed E-state index contributed by atoms with van der Waals surface area (Å²) in [5, 5.41) is 2.94. The summed E-state index contributed by atoms with van der Waals surface area (Å²) in [6.45, 7) is 4.51. The Labute approximate surface area is 155 Å². The molecule has 8 heteroatoms. The van der Waals surface area contributed by atoms with Crippen molar-refractivity contribution >= 4 is 34.0 Å². The molecule has 0 N–H and O–H groups in total. The van der Waals surface area contributed by atoms with Crippen LogP contribution in [0.25, 0.3) is 0 Å². The Hall–Kier alpha value is -2.61. The smallest absolute Gasteiger partial charge is 0.265 e. The maximum atomic E-state index is 13.0. The van der Waals surface area contributed by atoms with Gasteiger partial charge in [-0.2, -0.15) is 0 Å². The molecule has 1 fully saturated rings. The number of para-hydroxylation sites is 2. The van der Waals surface area contributed by atoms with Crippen LogP contribution in [0, 0.1) is 0 Å². The quantitative estimate of drug-likeness (QED) is 0.801. The van der Waals surface area contributed by atoms with E-state index in [4.69, 9.17) is 4.74 Å². The van der Waals surface area contributed by atoms with E-state index < -0.39 is 6.10 Å². The van der Waals surface area contributed by atoms with Crippen molar-refractivity contribution in [2.24, 2.45) is 0 Å². The van der Waals surface area contributed by atoms with Gasteiger partial charge < -0.3 is 19.4 Å². The second-order valence-corrected chi connectivity index (χ2v) is 7.20. The Kier molecular flexibility index (Phi) is 4.50. The number of carbonyl (C=O) groups excluding carboxylic acids is 2. The number of amides is 2. The predicted molar refractivity (Wildman–Crippen MR) is 99.8 cm³/mol. The molecule has 0 saturated carbocycles. The van der Waals surface area contributed by atoms with Gasteiger partial charge in [-0.15, -0.1) is 11.3 Å². The summed E-state index contributed by atoms with van der Waals surface area (Å²) in [7, 11) is 0. The van der Waals surface area contributed by atoms with Crippen LogP contribution in [-0.2, 0) is 9.59 Å². The second kappa shape index (κ2) is 6.95. The van der Waals surface area contributed by atoms with Crippen LogP contribution < -0.4 is 14.5 Å². The van der Waals surface area contributed by atoms with Crippen LogP contribution in [-0.4, -0.2) is 60.5 Å². The molecular formula is C18H20N4O3S. The molecule has 0 unspecified atom stereocenters. The van der Waals surface area contributed by atoms with Crippen LogP contribution in [0.15, 0.2) is 35.8 Å². The highest BCUT2D eigenvalue weighted by Gasteiger charge is 2.36. The summed E-state index contributed by atoms with van der Waals surface area (Å²) < 4.78 is 5.92. The molecule has 2 aromatic rings. The van der Waals surface area contributed by atoms with Gasteiger partial charge in [-0.1, -0.05) is 12.1 Å². The van der Waals surface area contributed by atoms with Crippen LogP contribution in [0.3, 0.4) is 0 Å². The molecule has 1 saturated heterocycles. The summed E-state index contributed by atoms with van der Waals surface area (Å²) in [5.41, 5.74) is 0.720. The van der Waals surface area contributed by atoms with E-state index in [-0.39, 0.29) is 18.4 Å². The van der Waals surface area contributed by atoms with Gasteiger partial charge in [0.25, 0.3) is 5.91 Å². The zero-order chi connectivity index (χ0) is 18.1. The zero-order valence-corrected chi connectivity index (χ0v) is 15.3. The number of nitrogens with zero attached hydrogens (tertiary/aromatic N) is 4. The zero-order valence-electron chi connectivity index (χ0n) is 14.5. The monoisotopic (exact) mass is 372 g/mol. The van der Waals surface area contributed by atoms with Crippen molar-refractivity contribution < 1.29 is 14.3 Å². The van der Waals surface area contributed by atoms with Crippen molar-refractivity contribution in [1.29, 1.82) is 0 Å². The Balaban J connectivity index is 1.45. The van der Waals surface area contributed by atoms with Crippen molar-refractivity contribution in [3.8, 4) is 5.75 Å². The van der Waals surface area contributed by atoms with E-state index in [0.29, 0.717) is 18.8 Å². The van der Waals surface area contributed by atoms with E-state index in [2.05, 4.69) is 9.88 Å². The van der Waals surface area contributed by atoms with Crippen LogP contribution in [0.5, 0.6) is 5.75 Å². The Bertz CT molecular complexity index is 803. The average molecular weight is 372 g/mol. The largest absolute Gasteiger partial charge is 0.476 e. The fourth-order valence-electron chi connectivity index (χ4n) is 3.36. The van der Waals surface area contributed by atoms with Gasteiger partial charge in [-0.3, -0.25) is 9.59 Å². The molecule has 7 nitrogen and oxygen atoms in total. The minimum Gasteiger partial charge on any atom is -0.476 e. The van der Waals surface area contributed by atoms with E-state index in [0.717, 1.165) is 23.9 Å². The fourth-order valence-corrected chi connectivity index (χ4v) is 4.05. The number of fused-ring (bicyclic) bond motifs is 1. The van der Waals surface area contributed by atoms with Gasteiger partial charge in [0.1, 0.15) is 5.75 Å². The minimum atomic E-state index is -0.666. The van der Waals surface area contributed by atoms with Gasteiger partial charge >= 0.3 is 0 Å². The third-order valence-corrected chi connectivity index (χ3v) is 5.54. The number of ether oxygens (including phenoxy) is 1. The van der Waals surface area contributed by atoms with Crippen LogP contribution >= 0.6 is 11.3 Å². The van der Waals surface area contributed by atoms with Crippen molar-refractivity contribution in [3.63, 3.8) is 0 Å². The van der Waals surface area contributed by atoms with Crippen molar-refractivity contribution in [1.82, 2.24) is 9.88 Å². The molecule has 2 aliphatic heterocycles. The summed E-state index contributed by atoms with van der Waals surface area (Å²) in [6.07, 6.45) is 1.13. The van der Waals surface area contributed by atoms with E-state index in [1.807, 2.05) is 28.5 Å². The third-order valence-electron chi connectivity index (χ3n) is 4.71. The van der Waals surface area contributed by atoms with Gasteiger partial charge in [-0.05, 0) is 12.1 Å². The average Bonchev–Trinajstić information content (AvgIpc) is 3.21. The van der Waals surface area contributed by atoms with Crippen LogP contribution in [0.4, 0.5) is 10.8 Å². The lowest BCUT2D eigenvalue weighted by molar-refractivity contribution is -0.139. The SMILES string of the molecule is CC(=O)N1C[C@H](C(=O)N2CCN(c3nccs3)CC2)Oc2ccccc21. The normalized spacial score (nSPS) is 19.7. The highest BCUT2D eigenvalue weighted by atomic mass is 32.1. The molecule has 2 aliphatic rings. The molecule has 26 heavy (non-hydrogen) atoms. The van der Waals surface area contributed by atoms with Crippen LogP contribution in [0.1, 0.15) is 6.92 Å². The topological polar surface area (TPSA) is 66.0 Å². The standard InChI is InChI=1S/C18H20N4O3S/c1-13(23)22-12-16(25-15-5-3-2-4-14(15)22)17(24)20-7-9-21(10-8-20)18-19-6-11-26-18/h2-6,11,16H,7-10,12H2,1H3/t16-/m1/s1. The molecule has 0 aliphatic carbocycles. The number of thiazole rings is 1. The number of hydrogen-bond donors (Lipinski definition) is 0. The molecule has 1 aromatic carbocycles. The second-order valence-electron chi connectivity index (χ2n) is 6.33. The first-order chi connectivity index (χ1) is 12.6. The van der Waals surface area contributed by atoms with E-state index >= 15 is 0 Å². The lowest BCUT2D eigenvalue weighted by atomic mass is 10.1. The van der Waals surface area contributed by atoms with E-state index in [1.54, 1.807) is 28.5 Å². The molecule has 1 aromatic heterocycles. The maximum absolute atomic E-state index is 13.0. The summed E-state index contributed by atoms with van der Waals surface area (Å²) in [4.78, 5) is 34.9. The van der Waals surface area contributed by atoms with E-state index in [1.165, 1.54) is 6.92 Å². The first-order valence-electron chi connectivity index (χ1n) is 8.60. The number of carbonyl (C=O) groups is 2. The van der Waals surface area contributed by atoms with Gasteiger partial charge in [0.15, 0.2) is 11.2 Å². The maximum Gasteiger partial charge on any atom is 0.265 e. The number of rotatable bonds is 2. The van der Waals surface area contributed by atoms with Crippen LogP contribution in [0.2, 0.25) is 0 Å². The minimum absolute atomic E-state index is 0.0652. The van der Waals surface area contributed by atoms with Gasteiger partial charge in [0.2, 0.25) is 5.91 Å². The lowest BCUT2D eigenvalue weighted by Crippen LogP contribution is -2.56. The highest BCUT2D eigenvalue weighted by Crippen LogP contribution is 2.33. The molecular weight excluding hydrogens is 352 g/mol. The van der Waals surface area contributed by atoms with Crippen molar-refractivity contribution in [2.45, 2.75) is 13.0 Å². The number of anilines is 2.